The largest absolute Gasteiger partial charge is 0.465 e. The number of hydrogen-bond acceptors (Lipinski definition) is 5. The molecule has 0 bridgehead atoms. The number of halogens is 1. The van der Waals surface area contributed by atoms with Crippen molar-refractivity contribution in [3.63, 3.8) is 0 Å². The van der Waals surface area contributed by atoms with Gasteiger partial charge in [0, 0.05) is 11.1 Å². The lowest BCUT2D eigenvalue weighted by Gasteiger charge is -2.01. The zero-order valence-electron chi connectivity index (χ0n) is 10.5. The molecule has 20 heavy (non-hydrogen) atoms. The Bertz CT molecular complexity index is 781. The highest BCUT2D eigenvalue weighted by Gasteiger charge is 2.11. The third-order valence-corrected chi connectivity index (χ3v) is 4.07. The highest BCUT2D eigenvalue weighted by atomic mass is 35.5. The molecular weight excluding hydrogens is 298 g/mol. The average Bonchev–Trinajstić information content (AvgIpc) is 3.06. The van der Waals surface area contributed by atoms with E-state index in [9.17, 15) is 4.79 Å². The van der Waals surface area contributed by atoms with E-state index in [1.54, 1.807) is 23.1 Å². The van der Waals surface area contributed by atoms with Crippen LogP contribution in [0.25, 0.3) is 11.0 Å². The second kappa shape index (κ2) is 5.22. The van der Waals surface area contributed by atoms with Crippen LogP contribution in [-0.4, -0.2) is 27.8 Å². The highest BCUT2D eigenvalue weighted by Crippen LogP contribution is 2.21. The van der Waals surface area contributed by atoms with Crippen LogP contribution in [-0.2, 0) is 11.3 Å². The fraction of sp³-hybridized carbons (Fsp3) is 0.154. The predicted molar refractivity (Wildman–Crippen MR) is 77.3 cm³/mol. The van der Waals surface area contributed by atoms with Crippen molar-refractivity contribution in [2.45, 2.75) is 6.54 Å². The van der Waals surface area contributed by atoms with E-state index in [-0.39, 0.29) is 5.97 Å². The molecule has 5 nitrogen and oxygen atoms in total. The zero-order chi connectivity index (χ0) is 14.1. The molecule has 0 aromatic carbocycles. The molecule has 0 N–H and O–H groups in total. The first-order valence-electron chi connectivity index (χ1n) is 5.81. The van der Waals surface area contributed by atoms with Gasteiger partial charge in [0.2, 0.25) is 0 Å². The van der Waals surface area contributed by atoms with Gasteiger partial charge in [-0.3, -0.25) is 9.67 Å². The third kappa shape index (κ3) is 2.39. The average molecular weight is 308 g/mol. The van der Waals surface area contributed by atoms with E-state index < -0.39 is 0 Å². The smallest absolute Gasteiger partial charge is 0.348 e. The molecule has 0 radical (unpaired) electrons. The molecule has 0 saturated carbocycles. The molecule has 3 rings (SSSR count). The second-order valence-electron chi connectivity index (χ2n) is 4.12. The first kappa shape index (κ1) is 13.1. The van der Waals surface area contributed by atoms with E-state index in [0.717, 1.165) is 15.9 Å². The molecule has 3 aromatic heterocycles. The van der Waals surface area contributed by atoms with Crippen LogP contribution in [0.1, 0.15) is 14.5 Å². The van der Waals surface area contributed by atoms with E-state index in [4.69, 9.17) is 16.3 Å². The summed E-state index contributed by atoms with van der Waals surface area (Å²) in [6, 6.07) is 5.47. The van der Waals surface area contributed by atoms with Gasteiger partial charge in [-0.05, 0) is 18.2 Å². The summed E-state index contributed by atoms with van der Waals surface area (Å²) in [6.45, 7) is 0.563. The maximum absolute atomic E-state index is 11.4. The van der Waals surface area contributed by atoms with Gasteiger partial charge in [-0.15, -0.1) is 11.3 Å². The van der Waals surface area contributed by atoms with Crippen LogP contribution < -0.4 is 0 Å². The van der Waals surface area contributed by atoms with E-state index in [1.165, 1.54) is 18.4 Å². The van der Waals surface area contributed by atoms with Crippen LogP contribution in [0, 0.1) is 0 Å². The number of ether oxygens (including phenoxy) is 1. The van der Waals surface area contributed by atoms with Crippen LogP contribution in [0.2, 0.25) is 5.02 Å². The van der Waals surface area contributed by atoms with Gasteiger partial charge in [0.25, 0.3) is 0 Å². The molecule has 0 spiro atoms. The van der Waals surface area contributed by atoms with E-state index in [2.05, 4.69) is 10.1 Å². The minimum absolute atomic E-state index is 0.323. The molecular formula is C13H10ClN3O2S. The molecule has 0 aliphatic rings. The topological polar surface area (TPSA) is 57.0 Å². The fourth-order valence-corrected chi connectivity index (χ4v) is 2.94. The first-order chi connectivity index (χ1) is 9.67. The number of hydrogen-bond donors (Lipinski definition) is 0. The Hall–Kier alpha value is -1.92. The normalized spacial score (nSPS) is 10.9. The van der Waals surface area contributed by atoms with Crippen molar-refractivity contribution in [2.75, 3.05) is 7.11 Å². The monoisotopic (exact) mass is 307 g/mol. The standard InChI is InChI=1S/C13H10ClN3O2S/c1-19-13(18)12-3-2-9(20-12)7-17-11-4-8(14)5-15-10(11)6-16-17/h2-6H,7H2,1H3. The summed E-state index contributed by atoms with van der Waals surface area (Å²) in [4.78, 5) is 17.2. The molecule has 3 heterocycles. The maximum Gasteiger partial charge on any atom is 0.348 e. The van der Waals surface area contributed by atoms with Crippen LogP contribution >= 0.6 is 22.9 Å². The minimum Gasteiger partial charge on any atom is -0.465 e. The van der Waals surface area contributed by atoms with Gasteiger partial charge in [-0.2, -0.15) is 5.10 Å². The fourth-order valence-electron chi connectivity index (χ4n) is 1.88. The summed E-state index contributed by atoms with van der Waals surface area (Å²) in [5.74, 6) is -0.323. The van der Waals surface area contributed by atoms with Crippen molar-refractivity contribution in [1.29, 1.82) is 0 Å². The van der Waals surface area contributed by atoms with E-state index in [1.807, 2.05) is 12.1 Å². The SMILES string of the molecule is COC(=O)c1ccc(Cn2ncc3ncc(Cl)cc32)s1. The lowest BCUT2D eigenvalue weighted by Crippen LogP contribution is -2.00. The van der Waals surface area contributed by atoms with Gasteiger partial charge in [-0.25, -0.2) is 4.79 Å². The van der Waals surface area contributed by atoms with Gasteiger partial charge in [-0.1, -0.05) is 11.6 Å². The van der Waals surface area contributed by atoms with Crippen LogP contribution in [0.4, 0.5) is 0 Å². The lowest BCUT2D eigenvalue weighted by molar-refractivity contribution is 0.0606. The zero-order valence-corrected chi connectivity index (χ0v) is 12.1. The maximum atomic E-state index is 11.4. The number of methoxy groups -OCH3 is 1. The summed E-state index contributed by atoms with van der Waals surface area (Å²) in [5, 5.41) is 4.86. The quantitative estimate of drug-likeness (QED) is 0.698. The van der Waals surface area contributed by atoms with Gasteiger partial charge in [0.05, 0.1) is 30.4 Å². The van der Waals surface area contributed by atoms with E-state index >= 15 is 0 Å². The summed E-state index contributed by atoms with van der Waals surface area (Å²) in [6.07, 6.45) is 3.29. The predicted octanol–water partition coefficient (Wildman–Crippen LogP) is 2.98. The molecule has 0 saturated heterocycles. The van der Waals surface area contributed by atoms with Crippen LogP contribution in [0.5, 0.6) is 0 Å². The first-order valence-corrected chi connectivity index (χ1v) is 7.01. The summed E-state index contributed by atoms with van der Waals surface area (Å²) in [7, 11) is 1.37. The Kier molecular flexibility index (Phi) is 3.42. The number of carbonyl (C=O) groups excluding carboxylic acids is 1. The van der Waals surface area contributed by atoms with Crippen molar-refractivity contribution in [3.05, 3.63) is 45.4 Å². The van der Waals surface area contributed by atoms with Gasteiger partial charge in [0.1, 0.15) is 10.4 Å². The number of fused-ring (bicyclic) bond motifs is 1. The van der Waals surface area contributed by atoms with Crippen LogP contribution in [0.3, 0.4) is 0 Å². The van der Waals surface area contributed by atoms with Crippen molar-refractivity contribution in [2.24, 2.45) is 0 Å². The number of thiophene rings is 1. The van der Waals surface area contributed by atoms with Gasteiger partial charge >= 0.3 is 5.97 Å². The molecule has 0 fully saturated rings. The third-order valence-electron chi connectivity index (χ3n) is 2.82. The Morgan fingerprint density at radius 1 is 1.45 bits per heavy atom. The number of aromatic nitrogens is 3. The molecule has 0 aliphatic heterocycles. The van der Waals surface area contributed by atoms with Crippen molar-refractivity contribution >= 4 is 39.9 Å². The number of pyridine rings is 1. The Morgan fingerprint density at radius 2 is 2.30 bits per heavy atom. The summed E-state index contributed by atoms with van der Waals surface area (Å²) >= 11 is 7.34. The number of nitrogens with zero attached hydrogens (tertiary/aromatic N) is 3. The molecule has 7 heteroatoms. The molecule has 0 atom stereocenters. The Morgan fingerprint density at radius 3 is 3.10 bits per heavy atom. The number of esters is 1. The molecule has 0 unspecified atom stereocenters. The number of rotatable bonds is 3. The molecule has 0 amide bonds. The van der Waals surface area contributed by atoms with Crippen molar-refractivity contribution in [1.82, 2.24) is 14.8 Å². The Balaban J connectivity index is 1.91. The summed E-state index contributed by atoms with van der Waals surface area (Å²) in [5.41, 5.74) is 1.66. The summed E-state index contributed by atoms with van der Waals surface area (Å²) < 4.78 is 6.50. The van der Waals surface area contributed by atoms with E-state index in [0.29, 0.717) is 16.4 Å². The highest BCUT2D eigenvalue weighted by molar-refractivity contribution is 7.13. The van der Waals surface area contributed by atoms with Crippen LogP contribution in [0.15, 0.2) is 30.6 Å². The molecule has 3 aromatic rings. The second-order valence-corrected chi connectivity index (χ2v) is 5.72. The molecule has 102 valence electrons. The lowest BCUT2D eigenvalue weighted by atomic mass is 10.4. The minimum atomic E-state index is -0.323. The van der Waals surface area contributed by atoms with Gasteiger partial charge in [0.15, 0.2) is 0 Å². The van der Waals surface area contributed by atoms with Crippen molar-refractivity contribution < 1.29 is 9.53 Å². The van der Waals surface area contributed by atoms with Crippen molar-refractivity contribution in [3.8, 4) is 0 Å². The molecule has 0 aliphatic carbocycles. The number of carbonyl (C=O) groups is 1. The Labute approximate surface area is 123 Å². The van der Waals surface area contributed by atoms with Gasteiger partial charge < -0.3 is 4.74 Å².